The van der Waals surface area contributed by atoms with Crippen molar-refractivity contribution in [3.8, 4) is 0 Å². The van der Waals surface area contributed by atoms with E-state index in [1.54, 1.807) is 0 Å². The Balaban J connectivity index is 1.78. The monoisotopic (exact) mass is 400 g/mol. The summed E-state index contributed by atoms with van der Waals surface area (Å²) in [6.07, 6.45) is 0.449. The largest absolute Gasteiger partial charge is 0.464 e. The van der Waals surface area contributed by atoms with Gasteiger partial charge >= 0.3 is 11.9 Å². The number of esters is 2. The number of pyridine rings is 2. The van der Waals surface area contributed by atoms with Gasteiger partial charge < -0.3 is 20.1 Å². The Bertz CT molecular complexity index is 842. The highest BCUT2D eigenvalue weighted by atomic mass is 16.5. The molecule has 0 aliphatic carbocycles. The number of nitrogens with one attached hydrogen (secondary N) is 2. The number of hydrogen-bond acceptors (Lipinski definition) is 8. The second-order valence-corrected chi connectivity index (χ2v) is 5.66. The number of amides is 2. The SMILES string of the molecule is COC(=O)c1cccc(C(=O)NCCCNC(=O)c2cccc(C(=O)OC)n2)n1. The number of hydrogen-bond donors (Lipinski definition) is 2. The lowest BCUT2D eigenvalue weighted by Crippen LogP contribution is -2.31. The molecule has 0 aliphatic rings. The molecule has 0 aromatic carbocycles. The van der Waals surface area contributed by atoms with Crippen LogP contribution in [0.15, 0.2) is 36.4 Å². The van der Waals surface area contributed by atoms with Gasteiger partial charge in [-0.15, -0.1) is 0 Å². The van der Waals surface area contributed by atoms with Crippen molar-refractivity contribution in [1.82, 2.24) is 20.6 Å². The molecule has 0 saturated heterocycles. The van der Waals surface area contributed by atoms with Crippen LogP contribution < -0.4 is 10.6 Å². The molecular formula is C19H20N4O6. The smallest absolute Gasteiger partial charge is 0.356 e. The standard InChI is InChI=1S/C19H20N4O6/c1-28-18(26)14-8-3-6-12(22-14)16(24)20-10-5-11-21-17(25)13-7-4-9-15(23-13)19(27)29-2/h3-4,6-9H,5,10-11H2,1-2H3,(H,20,24)(H,21,25). The zero-order chi connectivity index (χ0) is 21.2. The van der Waals surface area contributed by atoms with Crippen LogP contribution in [0.25, 0.3) is 0 Å². The van der Waals surface area contributed by atoms with E-state index in [1.165, 1.54) is 50.6 Å². The molecule has 0 aliphatic heterocycles. The van der Waals surface area contributed by atoms with E-state index in [9.17, 15) is 19.2 Å². The lowest BCUT2D eigenvalue weighted by atomic mass is 10.2. The summed E-state index contributed by atoms with van der Waals surface area (Å²) < 4.78 is 9.13. The number of rotatable bonds is 8. The van der Waals surface area contributed by atoms with Gasteiger partial charge in [0.15, 0.2) is 0 Å². The minimum Gasteiger partial charge on any atom is -0.464 e. The van der Waals surface area contributed by atoms with Crippen LogP contribution in [-0.4, -0.2) is 61.0 Å². The predicted octanol–water partition coefficient (Wildman–Crippen LogP) is 0.600. The Morgan fingerprint density at radius 2 is 1.10 bits per heavy atom. The van der Waals surface area contributed by atoms with E-state index >= 15 is 0 Å². The Morgan fingerprint density at radius 1 is 0.724 bits per heavy atom. The Morgan fingerprint density at radius 3 is 1.48 bits per heavy atom. The first-order chi connectivity index (χ1) is 14.0. The number of carbonyl (C=O) groups is 4. The lowest BCUT2D eigenvalue weighted by molar-refractivity contribution is 0.0584. The van der Waals surface area contributed by atoms with Crippen LogP contribution in [0.1, 0.15) is 48.4 Å². The highest BCUT2D eigenvalue weighted by Gasteiger charge is 2.13. The molecule has 0 atom stereocenters. The van der Waals surface area contributed by atoms with Crippen LogP contribution in [-0.2, 0) is 9.47 Å². The number of carbonyl (C=O) groups excluding carboxylic acids is 4. The third kappa shape index (κ3) is 6.09. The molecule has 2 aromatic heterocycles. The van der Waals surface area contributed by atoms with Crippen LogP contribution in [0.2, 0.25) is 0 Å². The van der Waals surface area contributed by atoms with E-state index in [4.69, 9.17) is 0 Å². The molecule has 10 heteroatoms. The average molecular weight is 400 g/mol. The Hall–Kier alpha value is -3.82. The van der Waals surface area contributed by atoms with E-state index in [-0.39, 0.29) is 35.9 Å². The Labute approximate surface area is 166 Å². The van der Waals surface area contributed by atoms with Gasteiger partial charge in [-0.1, -0.05) is 12.1 Å². The molecule has 2 amide bonds. The molecule has 2 rings (SSSR count). The van der Waals surface area contributed by atoms with E-state index in [1.807, 2.05) is 0 Å². The van der Waals surface area contributed by atoms with Crippen molar-refractivity contribution >= 4 is 23.8 Å². The fourth-order valence-electron chi connectivity index (χ4n) is 2.23. The fraction of sp³-hybridized carbons (Fsp3) is 0.263. The molecule has 2 heterocycles. The zero-order valence-corrected chi connectivity index (χ0v) is 15.9. The van der Waals surface area contributed by atoms with E-state index in [0.717, 1.165) is 0 Å². The molecule has 2 N–H and O–H groups in total. The molecule has 0 bridgehead atoms. The van der Waals surface area contributed by atoms with Gasteiger partial charge in [0.1, 0.15) is 22.8 Å². The molecule has 0 fully saturated rings. The highest BCUT2D eigenvalue weighted by Crippen LogP contribution is 2.02. The van der Waals surface area contributed by atoms with E-state index in [0.29, 0.717) is 6.42 Å². The molecule has 10 nitrogen and oxygen atoms in total. The number of nitrogens with zero attached hydrogens (tertiary/aromatic N) is 2. The van der Waals surface area contributed by atoms with Gasteiger partial charge in [-0.25, -0.2) is 19.6 Å². The van der Waals surface area contributed by atoms with Gasteiger partial charge in [0.05, 0.1) is 14.2 Å². The number of ether oxygens (including phenoxy) is 2. The van der Waals surface area contributed by atoms with Crippen molar-refractivity contribution < 1.29 is 28.7 Å². The van der Waals surface area contributed by atoms with E-state index < -0.39 is 23.8 Å². The van der Waals surface area contributed by atoms with E-state index in [2.05, 4.69) is 30.1 Å². The maximum atomic E-state index is 12.1. The van der Waals surface area contributed by atoms with Gasteiger partial charge in [-0.3, -0.25) is 9.59 Å². The molecule has 0 spiro atoms. The van der Waals surface area contributed by atoms with Crippen LogP contribution in [0.4, 0.5) is 0 Å². The van der Waals surface area contributed by atoms with Crippen molar-refractivity contribution in [2.24, 2.45) is 0 Å². The summed E-state index contributed by atoms with van der Waals surface area (Å²) in [6, 6.07) is 8.91. The van der Waals surface area contributed by atoms with Crippen LogP contribution >= 0.6 is 0 Å². The lowest BCUT2D eigenvalue weighted by Gasteiger charge is -2.07. The maximum Gasteiger partial charge on any atom is 0.356 e. The van der Waals surface area contributed by atoms with Crippen molar-refractivity contribution in [3.05, 3.63) is 59.2 Å². The summed E-state index contributed by atoms with van der Waals surface area (Å²) in [5.74, 6) is -2.16. The molecule has 0 unspecified atom stereocenters. The van der Waals surface area contributed by atoms with Crippen molar-refractivity contribution in [1.29, 1.82) is 0 Å². The minimum absolute atomic E-state index is 0.0362. The maximum absolute atomic E-state index is 12.1. The molecule has 152 valence electrons. The number of methoxy groups -OCH3 is 2. The van der Waals surface area contributed by atoms with Crippen molar-refractivity contribution in [2.75, 3.05) is 27.3 Å². The van der Waals surface area contributed by atoms with Crippen LogP contribution in [0, 0.1) is 0 Å². The van der Waals surface area contributed by atoms with Crippen molar-refractivity contribution in [3.63, 3.8) is 0 Å². The van der Waals surface area contributed by atoms with Crippen molar-refractivity contribution in [2.45, 2.75) is 6.42 Å². The van der Waals surface area contributed by atoms with Gasteiger partial charge in [0, 0.05) is 13.1 Å². The summed E-state index contributed by atoms with van der Waals surface area (Å²) >= 11 is 0. The molecule has 0 radical (unpaired) electrons. The average Bonchev–Trinajstić information content (AvgIpc) is 2.77. The third-order valence-corrected chi connectivity index (χ3v) is 3.68. The zero-order valence-electron chi connectivity index (χ0n) is 15.9. The third-order valence-electron chi connectivity index (χ3n) is 3.68. The first kappa shape index (κ1) is 21.5. The molecule has 0 saturated carbocycles. The highest BCUT2D eigenvalue weighted by molar-refractivity contribution is 5.95. The minimum atomic E-state index is -0.632. The molecule has 2 aromatic rings. The number of aromatic nitrogens is 2. The fourth-order valence-corrected chi connectivity index (χ4v) is 2.23. The van der Waals surface area contributed by atoms with Crippen LogP contribution in [0.5, 0.6) is 0 Å². The second-order valence-electron chi connectivity index (χ2n) is 5.66. The van der Waals surface area contributed by atoms with Gasteiger partial charge in [0.25, 0.3) is 11.8 Å². The predicted molar refractivity (Wildman–Crippen MR) is 100 cm³/mol. The normalized spacial score (nSPS) is 10.0. The summed E-state index contributed by atoms with van der Waals surface area (Å²) in [5, 5.41) is 5.29. The second kappa shape index (κ2) is 10.5. The molecule has 29 heavy (non-hydrogen) atoms. The first-order valence-corrected chi connectivity index (χ1v) is 8.63. The van der Waals surface area contributed by atoms with Gasteiger partial charge in [-0.05, 0) is 30.7 Å². The Kier molecular flexibility index (Phi) is 7.78. The summed E-state index contributed by atoms with van der Waals surface area (Å²) in [7, 11) is 2.46. The van der Waals surface area contributed by atoms with Crippen LogP contribution in [0.3, 0.4) is 0 Å². The summed E-state index contributed by atoms with van der Waals surface area (Å²) in [4.78, 5) is 55.0. The van der Waals surface area contributed by atoms with Gasteiger partial charge in [-0.2, -0.15) is 0 Å². The topological polar surface area (TPSA) is 137 Å². The summed E-state index contributed by atoms with van der Waals surface area (Å²) in [5.41, 5.74) is 0.240. The summed E-state index contributed by atoms with van der Waals surface area (Å²) in [6.45, 7) is 0.553. The van der Waals surface area contributed by atoms with Gasteiger partial charge in [0.2, 0.25) is 0 Å². The molecular weight excluding hydrogens is 380 g/mol. The first-order valence-electron chi connectivity index (χ1n) is 8.63. The quantitative estimate of drug-likeness (QED) is 0.485.